The van der Waals surface area contributed by atoms with Crippen molar-refractivity contribution in [2.75, 3.05) is 23.8 Å². The summed E-state index contributed by atoms with van der Waals surface area (Å²) in [6, 6.07) is 15.1. The van der Waals surface area contributed by atoms with Crippen LogP contribution in [0.1, 0.15) is 60.8 Å². The van der Waals surface area contributed by atoms with Gasteiger partial charge in [-0.3, -0.25) is 14.9 Å². The zero-order valence-corrected chi connectivity index (χ0v) is 23.2. The van der Waals surface area contributed by atoms with Crippen LogP contribution in [-0.2, 0) is 20.8 Å². The molecule has 40 heavy (non-hydrogen) atoms. The zero-order chi connectivity index (χ0) is 28.7. The lowest BCUT2D eigenvalue weighted by Crippen LogP contribution is -2.31. The Kier molecular flexibility index (Phi) is 11.9. The molecule has 0 aliphatic rings. The fraction of sp³-hybridized carbons (Fsp3) is 0.321. The first-order valence-corrected chi connectivity index (χ1v) is 13.8. The van der Waals surface area contributed by atoms with Crippen molar-refractivity contribution < 1.29 is 28.7 Å². The van der Waals surface area contributed by atoms with Gasteiger partial charge in [-0.1, -0.05) is 55.8 Å². The number of alkyl carbamates (subject to hydrolysis) is 1. The minimum Gasteiger partial charge on any atom is -0.466 e. The highest BCUT2D eigenvalue weighted by atomic mass is 32.1. The van der Waals surface area contributed by atoms with Crippen LogP contribution in [0, 0.1) is 0 Å². The van der Waals surface area contributed by atoms with Crippen molar-refractivity contribution >= 4 is 46.2 Å². The van der Waals surface area contributed by atoms with E-state index in [1.165, 1.54) is 0 Å². The Morgan fingerprint density at radius 3 is 2.40 bits per heavy atom. The molecule has 3 aromatic rings. The first-order chi connectivity index (χ1) is 19.4. The molecule has 0 saturated heterocycles. The number of amides is 4. The van der Waals surface area contributed by atoms with E-state index >= 15 is 0 Å². The predicted octanol–water partition coefficient (Wildman–Crippen LogP) is 5.24. The number of aromatic nitrogens is 1. The van der Waals surface area contributed by atoms with E-state index in [-0.39, 0.29) is 30.5 Å². The van der Waals surface area contributed by atoms with Crippen molar-refractivity contribution in [2.45, 2.75) is 45.7 Å². The van der Waals surface area contributed by atoms with Gasteiger partial charge in [-0.25, -0.2) is 14.6 Å². The highest BCUT2D eigenvalue weighted by Crippen LogP contribution is 2.22. The number of carbonyl (C=O) groups excluding carboxylic acids is 4. The second-order valence-corrected chi connectivity index (χ2v) is 9.46. The van der Waals surface area contributed by atoms with Gasteiger partial charge in [0.1, 0.15) is 5.69 Å². The molecule has 212 valence electrons. The van der Waals surface area contributed by atoms with Crippen molar-refractivity contribution in [1.82, 2.24) is 15.6 Å². The summed E-state index contributed by atoms with van der Waals surface area (Å²) in [5.41, 5.74) is 2.22. The van der Waals surface area contributed by atoms with Gasteiger partial charge in [-0.15, -0.1) is 11.3 Å². The molecular formula is C28H33N5O6S. The molecule has 4 N–H and O–H groups in total. The van der Waals surface area contributed by atoms with Gasteiger partial charge < -0.3 is 25.4 Å². The molecule has 0 saturated carbocycles. The molecule has 1 heterocycles. The molecule has 4 amide bonds. The first kappa shape index (κ1) is 30.1. The fourth-order valence-electron chi connectivity index (χ4n) is 3.48. The monoisotopic (exact) mass is 567 g/mol. The van der Waals surface area contributed by atoms with Gasteiger partial charge in [0.15, 0.2) is 5.13 Å². The lowest BCUT2D eigenvalue weighted by Gasteiger charge is -2.19. The average Bonchev–Trinajstić information content (AvgIpc) is 3.41. The maximum absolute atomic E-state index is 12.7. The SMILES string of the molecule is CCCCOC(=O)NC(CC(=O)OCC)c1ccc(NC(=O)c2csc(NC(=O)NCc3ccccc3)n2)cc1. The van der Waals surface area contributed by atoms with Crippen LogP contribution in [0.3, 0.4) is 0 Å². The topological polar surface area (TPSA) is 148 Å². The summed E-state index contributed by atoms with van der Waals surface area (Å²) in [5.74, 6) is -0.914. The molecule has 0 aliphatic carbocycles. The standard InChI is InChI=1S/C28H33N5O6S/c1-3-5-15-39-28(37)32-22(16-24(34)38-4-2)20-11-13-21(14-12-20)30-25(35)23-18-40-27(31-23)33-26(36)29-17-19-9-7-6-8-10-19/h6-14,18,22H,3-5,15-17H2,1-2H3,(H,30,35)(H,32,37)(H2,29,31,33,36). The summed E-state index contributed by atoms with van der Waals surface area (Å²) in [7, 11) is 0. The van der Waals surface area contributed by atoms with Crippen LogP contribution < -0.4 is 21.3 Å². The molecule has 0 spiro atoms. The second-order valence-electron chi connectivity index (χ2n) is 8.60. The number of esters is 1. The molecule has 0 fully saturated rings. The molecule has 0 bridgehead atoms. The van der Waals surface area contributed by atoms with Crippen LogP contribution in [0.4, 0.5) is 20.4 Å². The number of ether oxygens (including phenoxy) is 2. The van der Waals surface area contributed by atoms with Gasteiger partial charge in [0, 0.05) is 17.6 Å². The van der Waals surface area contributed by atoms with E-state index in [1.807, 2.05) is 37.3 Å². The molecule has 0 radical (unpaired) electrons. The third-order valence-corrected chi connectivity index (χ3v) is 6.28. The normalized spacial score (nSPS) is 11.2. The van der Waals surface area contributed by atoms with Crippen molar-refractivity contribution in [3.8, 4) is 0 Å². The summed E-state index contributed by atoms with van der Waals surface area (Å²) < 4.78 is 10.2. The molecule has 1 aromatic heterocycles. The van der Waals surface area contributed by atoms with E-state index in [0.717, 1.165) is 29.7 Å². The number of hydrogen-bond acceptors (Lipinski definition) is 8. The number of thiazole rings is 1. The van der Waals surface area contributed by atoms with Crippen LogP contribution in [0.15, 0.2) is 60.0 Å². The zero-order valence-electron chi connectivity index (χ0n) is 22.4. The predicted molar refractivity (Wildman–Crippen MR) is 152 cm³/mol. The van der Waals surface area contributed by atoms with Crippen LogP contribution in [0.5, 0.6) is 0 Å². The minimum absolute atomic E-state index is 0.0735. The van der Waals surface area contributed by atoms with E-state index < -0.39 is 30.0 Å². The number of urea groups is 1. The molecule has 1 atom stereocenters. The Hall–Kier alpha value is -4.45. The molecular weight excluding hydrogens is 534 g/mol. The quantitative estimate of drug-likeness (QED) is 0.163. The second kappa shape index (κ2) is 15.8. The lowest BCUT2D eigenvalue weighted by atomic mass is 10.0. The molecule has 3 rings (SSSR count). The van der Waals surface area contributed by atoms with Gasteiger partial charge in [0.05, 0.1) is 25.7 Å². The van der Waals surface area contributed by atoms with Crippen LogP contribution >= 0.6 is 11.3 Å². The van der Waals surface area contributed by atoms with E-state index in [4.69, 9.17) is 9.47 Å². The lowest BCUT2D eigenvalue weighted by molar-refractivity contribution is -0.143. The summed E-state index contributed by atoms with van der Waals surface area (Å²) in [6.07, 6.45) is 0.926. The maximum atomic E-state index is 12.7. The Bertz CT molecular complexity index is 1270. The van der Waals surface area contributed by atoms with Crippen molar-refractivity contribution in [3.63, 3.8) is 0 Å². The number of carbonyl (C=O) groups is 4. The van der Waals surface area contributed by atoms with E-state index in [9.17, 15) is 19.2 Å². The Labute approximate surface area is 236 Å². The molecule has 11 nitrogen and oxygen atoms in total. The fourth-order valence-corrected chi connectivity index (χ4v) is 4.17. The molecule has 0 aliphatic heterocycles. The number of nitrogens with one attached hydrogen (secondary N) is 4. The van der Waals surface area contributed by atoms with Crippen molar-refractivity contribution in [3.05, 3.63) is 76.8 Å². The van der Waals surface area contributed by atoms with Gasteiger partial charge in [-0.05, 0) is 36.6 Å². The van der Waals surface area contributed by atoms with Crippen LogP contribution in [0.25, 0.3) is 0 Å². The van der Waals surface area contributed by atoms with E-state index in [1.54, 1.807) is 36.6 Å². The number of nitrogens with zero attached hydrogens (tertiary/aromatic N) is 1. The molecule has 2 aromatic carbocycles. The number of benzene rings is 2. The minimum atomic E-state index is -0.668. The summed E-state index contributed by atoms with van der Waals surface area (Å²) in [5, 5.41) is 12.6. The van der Waals surface area contributed by atoms with Gasteiger partial charge >= 0.3 is 18.1 Å². The van der Waals surface area contributed by atoms with Crippen molar-refractivity contribution in [2.24, 2.45) is 0 Å². The van der Waals surface area contributed by atoms with Crippen LogP contribution in [-0.4, -0.2) is 42.2 Å². The Balaban J connectivity index is 1.56. The van der Waals surface area contributed by atoms with Gasteiger partial charge in [0.2, 0.25) is 0 Å². The molecule has 12 heteroatoms. The van der Waals surface area contributed by atoms with Gasteiger partial charge in [-0.2, -0.15) is 0 Å². The summed E-state index contributed by atoms with van der Waals surface area (Å²) in [6.45, 7) is 4.56. The van der Waals surface area contributed by atoms with Crippen molar-refractivity contribution in [1.29, 1.82) is 0 Å². The molecule has 1 unspecified atom stereocenters. The summed E-state index contributed by atoms with van der Waals surface area (Å²) in [4.78, 5) is 53.3. The largest absolute Gasteiger partial charge is 0.466 e. The number of unbranched alkanes of at least 4 members (excludes halogenated alkanes) is 1. The Morgan fingerprint density at radius 2 is 1.70 bits per heavy atom. The number of anilines is 2. The number of rotatable bonds is 13. The highest BCUT2D eigenvalue weighted by Gasteiger charge is 2.20. The first-order valence-electron chi connectivity index (χ1n) is 12.9. The third-order valence-electron chi connectivity index (χ3n) is 5.52. The number of hydrogen-bond donors (Lipinski definition) is 4. The van der Waals surface area contributed by atoms with E-state index in [2.05, 4.69) is 26.3 Å². The maximum Gasteiger partial charge on any atom is 0.407 e. The smallest absolute Gasteiger partial charge is 0.407 e. The third kappa shape index (κ3) is 10.0. The average molecular weight is 568 g/mol. The van der Waals surface area contributed by atoms with E-state index in [0.29, 0.717) is 17.8 Å². The highest BCUT2D eigenvalue weighted by molar-refractivity contribution is 7.14. The summed E-state index contributed by atoms with van der Waals surface area (Å²) >= 11 is 1.13. The van der Waals surface area contributed by atoms with Gasteiger partial charge in [0.25, 0.3) is 5.91 Å². The van der Waals surface area contributed by atoms with Crippen LogP contribution in [0.2, 0.25) is 0 Å². The Morgan fingerprint density at radius 1 is 0.950 bits per heavy atom.